The van der Waals surface area contributed by atoms with Crippen LogP contribution in [0, 0.1) is 0 Å². The van der Waals surface area contributed by atoms with Crippen molar-refractivity contribution in [2.24, 2.45) is 5.73 Å². The summed E-state index contributed by atoms with van der Waals surface area (Å²) in [5.41, 5.74) is 6.27. The van der Waals surface area contributed by atoms with Crippen molar-refractivity contribution >= 4 is 29.1 Å². The fraction of sp³-hybridized carbons (Fsp3) is 0.529. The van der Waals surface area contributed by atoms with Crippen LogP contribution in [0.2, 0.25) is 5.02 Å². The van der Waals surface area contributed by atoms with Gasteiger partial charge >= 0.3 is 11.8 Å². The van der Waals surface area contributed by atoms with Crippen molar-refractivity contribution in [1.82, 2.24) is 9.80 Å². The molecule has 0 spiro atoms. The molecule has 2 N–H and O–H groups in total. The van der Waals surface area contributed by atoms with E-state index >= 15 is 0 Å². The molecule has 0 aromatic heterocycles. The fourth-order valence-electron chi connectivity index (χ4n) is 3.61. The number of amides is 2. The standard InChI is InChI=1S/C17H23ClN4O2/c18-13-3-1-4-14(11-13)20-7-9-21(10-8-20)15-5-2-6-22(12-15)17(24)16(19)23/h1,3-4,11,15H,2,5-10,12H2,(H2,19,23)/t15-/m0/s1. The number of piperidine rings is 1. The Kier molecular flexibility index (Phi) is 5.26. The van der Waals surface area contributed by atoms with E-state index in [1.165, 1.54) is 0 Å². The lowest BCUT2D eigenvalue weighted by Crippen LogP contribution is -2.57. The smallest absolute Gasteiger partial charge is 0.311 e. The van der Waals surface area contributed by atoms with E-state index in [2.05, 4.69) is 15.9 Å². The van der Waals surface area contributed by atoms with Gasteiger partial charge in [0.2, 0.25) is 0 Å². The number of piperazine rings is 1. The number of rotatable bonds is 2. The van der Waals surface area contributed by atoms with Gasteiger partial charge in [0.05, 0.1) is 0 Å². The maximum absolute atomic E-state index is 11.8. The van der Waals surface area contributed by atoms with Crippen LogP contribution in [0.1, 0.15) is 12.8 Å². The number of halogens is 1. The Morgan fingerprint density at radius 1 is 1.12 bits per heavy atom. The number of benzene rings is 1. The van der Waals surface area contributed by atoms with Crippen molar-refractivity contribution in [3.05, 3.63) is 29.3 Å². The maximum atomic E-state index is 11.8. The predicted octanol–water partition coefficient (Wildman–Crippen LogP) is 0.938. The van der Waals surface area contributed by atoms with E-state index in [1.54, 1.807) is 4.90 Å². The number of hydrogen-bond acceptors (Lipinski definition) is 4. The van der Waals surface area contributed by atoms with Gasteiger partial charge in [0.15, 0.2) is 0 Å². The number of carbonyl (C=O) groups is 2. The zero-order valence-electron chi connectivity index (χ0n) is 13.7. The number of likely N-dealkylation sites (tertiary alicyclic amines) is 1. The van der Waals surface area contributed by atoms with E-state index in [9.17, 15) is 9.59 Å². The lowest BCUT2D eigenvalue weighted by atomic mass is 10.0. The number of hydrogen-bond donors (Lipinski definition) is 1. The van der Waals surface area contributed by atoms with Gasteiger partial charge in [-0.1, -0.05) is 17.7 Å². The van der Waals surface area contributed by atoms with E-state index in [1.807, 2.05) is 18.2 Å². The number of nitrogens with two attached hydrogens (primary N) is 1. The lowest BCUT2D eigenvalue weighted by molar-refractivity contribution is -0.145. The number of carbonyl (C=O) groups excluding carboxylic acids is 2. The van der Waals surface area contributed by atoms with Crippen molar-refractivity contribution in [3.8, 4) is 0 Å². The second-order valence-corrected chi connectivity index (χ2v) is 6.85. The first-order chi connectivity index (χ1) is 11.5. The van der Waals surface area contributed by atoms with Crippen LogP contribution in [-0.4, -0.2) is 66.9 Å². The highest BCUT2D eigenvalue weighted by Crippen LogP contribution is 2.23. The molecule has 0 radical (unpaired) electrons. The highest BCUT2D eigenvalue weighted by Gasteiger charge is 2.31. The molecule has 0 aliphatic carbocycles. The molecule has 2 fully saturated rings. The van der Waals surface area contributed by atoms with Gasteiger partial charge in [-0.05, 0) is 31.0 Å². The zero-order valence-corrected chi connectivity index (χ0v) is 14.4. The molecule has 1 aromatic rings. The first kappa shape index (κ1) is 17.0. The highest BCUT2D eigenvalue weighted by atomic mass is 35.5. The SMILES string of the molecule is NC(=O)C(=O)N1CCC[C@H](N2CCN(c3cccc(Cl)c3)CC2)C1. The first-order valence-electron chi connectivity index (χ1n) is 8.38. The van der Waals surface area contributed by atoms with Gasteiger partial charge in [0, 0.05) is 56.0 Å². The highest BCUT2D eigenvalue weighted by molar-refractivity contribution is 6.34. The minimum atomic E-state index is -0.860. The molecule has 24 heavy (non-hydrogen) atoms. The Morgan fingerprint density at radius 3 is 2.54 bits per heavy atom. The van der Waals surface area contributed by atoms with Crippen LogP contribution in [0.5, 0.6) is 0 Å². The molecule has 6 nitrogen and oxygen atoms in total. The molecular formula is C17H23ClN4O2. The summed E-state index contributed by atoms with van der Waals surface area (Å²) in [5, 5.41) is 0.753. The molecule has 2 saturated heterocycles. The minimum Gasteiger partial charge on any atom is -0.369 e. The number of nitrogens with zero attached hydrogens (tertiary/aromatic N) is 3. The van der Waals surface area contributed by atoms with Crippen LogP contribution < -0.4 is 10.6 Å². The van der Waals surface area contributed by atoms with Crippen LogP contribution >= 0.6 is 11.6 Å². The summed E-state index contributed by atoms with van der Waals surface area (Å²) in [7, 11) is 0. The Bertz CT molecular complexity index is 616. The van der Waals surface area contributed by atoms with Crippen molar-refractivity contribution in [2.45, 2.75) is 18.9 Å². The summed E-state index contributed by atoms with van der Waals surface area (Å²) in [6, 6.07) is 8.23. The average molecular weight is 351 g/mol. The van der Waals surface area contributed by atoms with Gasteiger partial charge < -0.3 is 15.5 Å². The van der Waals surface area contributed by atoms with E-state index in [4.69, 9.17) is 17.3 Å². The second kappa shape index (κ2) is 7.40. The Labute approximate surface area is 147 Å². The number of anilines is 1. The Balaban J connectivity index is 1.56. The predicted molar refractivity (Wildman–Crippen MR) is 94.0 cm³/mol. The molecule has 0 saturated carbocycles. The topological polar surface area (TPSA) is 69.9 Å². The van der Waals surface area contributed by atoms with Crippen molar-refractivity contribution in [3.63, 3.8) is 0 Å². The molecule has 3 rings (SSSR count). The molecule has 1 atom stereocenters. The van der Waals surface area contributed by atoms with Crippen molar-refractivity contribution in [1.29, 1.82) is 0 Å². The molecule has 2 aliphatic rings. The normalized spacial score (nSPS) is 22.5. The van der Waals surface area contributed by atoms with Gasteiger partial charge in [-0.25, -0.2) is 0 Å². The summed E-state index contributed by atoms with van der Waals surface area (Å²) in [4.78, 5) is 29.3. The summed E-state index contributed by atoms with van der Waals surface area (Å²) in [6.45, 7) is 4.96. The molecule has 0 bridgehead atoms. The zero-order chi connectivity index (χ0) is 17.1. The molecule has 1 aromatic carbocycles. The molecule has 7 heteroatoms. The van der Waals surface area contributed by atoms with Crippen molar-refractivity contribution in [2.75, 3.05) is 44.2 Å². The summed E-state index contributed by atoms with van der Waals surface area (Å²) in [6.07, 6.45) is 1.97. The third-order valence-electron chi connectivity index (χ3n) is 4.90. The van der Waals surface area contributed by atoms with Gasteiger partial charge in [-0.3, -0.25) is 14.5 Å². The maximum Gasteiger partial charge on any atom is 0.311 e. The lowest BCUT2D eigenvalue weighted by Gasteiger charge is -2.43. The van der Waals surface area contributed by atoms with Crippen LogP contribution in [0.25, 0.3) is 0 Å². The van der Waals surface area contributed by atoms with Crippen LogP contribution in [-0.2, 0) is 9.59 Å². The van der Waals surface area contributed by atoms with Crippen LogP contribution in [0.15, 0.2) is 24.3 Å². The Hall–Kier alpha value is -1.79. The van der Waals surface area contributed by atoms with E-state index < -0.39 is 11.8 Å². The quantitative estimate of drug-likeness (QED) is 0.806. The second-order valence-electron chi connectivity index (χ2n) is 6.41. The van der Waals surface area contributed by atoms with Gasteiger partial charge in [0.1, 0.15) is 0 Å². The third kappa shape index (κ3) is 3.82. The summed E-state index contributed by atoms with van der Waals surface area (Å²) in [5.74, 6) is -1.42. The fourth-order valence-corrected chi connectivity index (χ4v) is 3.80. The van der Waals surface area contributed by atoms with Gasteiger partial charge in [0.25, 0.3) is 0 Å². The van der Waals surface area contributed by atoms with Gasteiger partial charge in [-0.15, -0.1) is 0 Å². The summed E-state index contributed by atoms with van der Waals surface area (Å²) >= 11 is 6.07. The molecule has 2 aliphatic heterocycles. The van der Waals surface area contributed by atoms with E-state index in [0.29, 0.717) is 19.1 Å². The number of primary amides is 1. The summed E-state index contributed by atoms with van der Waals surface area (Å²) < 4.78 is 0. The third-order valence-corrected chi connectivity index (χ3v) is 5.13. The minimum absolute atomic E-state index is 0.309. The molecular weight excluding hydrogens is 328 g/mol. The molecule has 130 valence electrons. The first-order valence-corrected chi connectivity index (χ1v) is 8.75. The molecule has 2 amide bonds. The average Bonchev–Trinajstić information content (AvgIpc) is 2.61. The van der Waals surface area contributed by atoms with Crippen LogP contribution in [0.4, 0.5) is 5.69 Å². The van der Waals surface area contributed by atoms with Crippen molar-refractivity contribution < 1.29 is 9.59 Å². The van der Waals surface area contributed by atoms with Gasteiger partial charge in [-0.2, -0.15) is 0 Å². The Morgan fingerprint density at radius 2 is 1.88 bits per heavy atom. The molecule has 0 unspecified atom stereocenters. The molecule has 2 heterocycles. The monoisotopic (exact) mass is 350 g/mol. The van der Waals surface area contributed by atoms with E-state index in [-0.39, 0.29) is 0 Å². The van der Waals surface area contributed by atoms with Crippen LogP contribution in [0.3, 0.4) is 0 Å². The van der Waals surface area contributed by atoms with E-state index in [0.717, 1.165) is 49.7 Å². The largest absolute Gasteiger partial charge is 0.369 e.